The van der Waals surface area contributed by atoms with Gasteiger partial charge in [0.25, 0.3) is 0 Å². The summed E-state index contributed by atoms with van der Waals surface area (Å²) in [5.41, 5.74) is 2.54. The second-order valence-corrected chi connectivity index (χ2v) is 8.18. The number of sulfonamides is 1. The molecule has 1 atom stereocenters. The molecule has 146 valence electrons. The maximum atomic E-state index is 12.4. The first-order valence-electron chi connectivity index (χ1n) is 8.74. The molecule has 2 aromatic rings. The summed E-state index contributed by atoms with van der Waals surface area (Å²) in [6.07, 6.45) is 0.0453. The van der Waals surface area contributed by atoms with E-state index in [1.807, 2.05) is 44.2 Å². The third-order valence-electron chi connectivity index (χ3n) is 4.25. The number of ether oxygens (including phenoxy) is 1. The molecule has 1 amide bonds. The van der Waals surface area contributed by atoms with Gasteiger partial charge in [-0.05, 0) is 38.5 Å². The van der Waals surface area contributed by atoms with Crippen molar-refractivity contribution in [2.24, 2.45) is 0 Å². The van der Waals surface area contributed by atoms with E-state index in [1.54, 1.807) is 26.2 Å². The first-order valence-corrected chi connectivity index (χ1v) is 10.2. The Bertz CT molecular complexity index is 910. The molecular weight excluding hydrogens is 364 g/mol. The first kappa shape index (κ1) is 20.9. The lowest BCUT2D eigenvalue weighted by atomic mass is 10.1. The number of para-hydroxylation sites is 1. The van der Waals surface area contributed by atoms with Gasteiger partial charge >= 0.3 is 0 Å². The summed E-state index contributed by atoms with van der Waals surface area (Å²) in [6, 6.07) is 12.3. The summed E-state index contributed by atoms with van der Waals surface area (Å²) in [4.78, 5) is 12.4. The predicted octanol–water partition coefficient (Wildman–Crippen LogP) is 2.86. The number of nitrogens with one attached hydrogen (secondary N) is 2. The van der Waals surface area contributed by atoms with Crippen LogP contribution in [-0.2, 0) is 14.8 Å². The molecule has 0 radical (unpaired) electrons. The molecule has 7 heteroatoms. The monoisotopic (exact) mass is 390 g/mol. The Morgan fingerprint density at radius 1 is 1.15 bits per heavy atom. The molecule has 0 aliphatic heterocycles. The molecule has 6 nitrogen and oxygen atoms in total. The number of aryl methyl sites for hydroxylation is 2. The summed E-state index contributed by atoms with van der Waals surface area (Å²) in [5, 5.41) is 2.86. The van der Waals surface area contributed by atoms with Gasteiger partial charge in [0.15, 0.2) is 0 Å². The SMILES string of the molecule is COc1ccccc1[C@@H](C)NC(=O)CCNS(=O)(=O)c1ccc(C)cc1C. The Labute approximate surface area is 161 Å². The highest BCUT2D eigenvalue weighted by Gasteiger charge is 2.18. The van der Waals surface area contributed by atoms with Crippen molar-refractivity contribution in [1.29, 1.82) is 0 Å². The molecule has 2 rings (SSSR count). The van der Waals surface area contributed by atoms with Crippen LogP contribution >= 0.6 is 0 Å². The molecule has 2 aromatic carbocycles. The average molecular weight is 391 g/mol. The lowest BCUT2D eigenvalue weighted by Crippen LogP contribution is -2.32. The zero-order valence-electron chi connectivity index (χ0n) is 16.1. The summed E-state index contributed by atoms with van der Waals surface area (Å²) in [6.45, 7) is 5.54. The van der Waals surface area contributed by atoms with Crippen molar-refractivity contribution < 1.29 is 17.9 Å². The minimum Gasteiger partial charge on any atom is -0.496 e. The maximum Gasteiger partial charge on any atom is 0.240 e. The van der Waals surface area contributed by atoms with E-state index in [1.165, 1.54) is 0 Å². The van der Waals surface area contributed by atoms with E-state index in [2.05, 4.69) is 10.0 Å². The van der Waals surface area contributed by atoms with Gasteiger partial charge in [0, 0.05) is 18.5 Å². The topological polar surface area (TPSA) is 84.5 Å². The molecule has 0 unspecified atom stereocenters. The number of benzene rings is 2. The standard InChI is InChI=1S/C20H26N2O4S/c1-14-9-10-19(15(2)13-14)27(24,25)21-12-11-20(23)22-16(3)17-7-5-6-8-18(17)26-4/h5-10,13,16,21H,11-12H2,1-4H3,(H,22,23)/t16-/m1/s1. The van der Waals surface area contributed by atoms with Crippen LogP contribution in [0.15, 0.2) is 47.4 Å². The van der Waals surface area contributed by atoms with Gasteiger partial charge in [-0.15, -0.1) is 0 Å². The zero-order valence-corrected chi connectivity index (χ0v) is 16.9. The summed E-state index contributed by atoms with van der Waals surface area (Å²) >= 11 is 0. The van der Waals surface area contributed by atoms with E-state index in [4.69, 9.17) is 4.74 Å². The van der Waals surface area contributed by atoms with Gasteiger partial charge in [-0.25, -0.2) is 13.1 Å². The predicted molar refractivity (Wildman–Crippen MR) is 105 cm³/mol. The molecule has 0 bridgehead atoms. The van der Waals surface area contributed by atoms with Crippen LogP contribution in [0.4, 0.5) is 0 Å². The highest BCUT2D eigenvalue weighted by Crippen LogP contribution is 2.24. The minimum atomic E-state index is -3.64. The molecule has 0 aromatic heterocycles. The lowest BCUT2D eigenvalue weighted by molar-refractivity contribution is -0.121. The molecule has 0 fully saturated rings. The number of carbonyl (C=O) groups is 1. The van der Waals surface area contributed by atoms with Gasteiger partial charge < -0.3 is 10.1 Å². The highest BCUT2D eigenvalue weighted by atomic mass is 32.2. The summed E-state index contributed by atoms with van der Waals surface area (Å²) in [5.74, 6) is 0.456. The number of methoxy groups -OCH3 is 1. The van der Waals surface area contributed by atoms with Crippen molar-refractivity contribution in [3.05, 3.63) is 59.2 Å². The Kier molecular flexibility index (Phi) is 6.98. The molecule has 0 spiro atoms. The molecule has 0 saturated carbocycles. The Balaban J connectivity index is 1.92. The van der Waals surface area contributed by atoms with Gasteiger partial charge in [0.1, 0.15) is 5.75 Å². The van der Waals surface area contributed by atoms with Crippen LogP contribution in [0.25, 0.3) is 0 Å². The molecule has 2 N–H and O–H groups in total. The van der Waals surface area contributed by atoms with Gasteiger partial charge in [-0.1, -0.05) is 35.9 Å². The van der Waals surface area contributed by atoms with E-state index in [9.17, 15) is 13.2 Å². The maximum absolute atomic E-state index is 12.4. The van der Waals surface area contributed by atoms with Crippen molar-refractivity contribution in [3.8, 4) is 5.75 Å². The molecule has 0 saturated heterocycles. The third-order valence-corrected chi connectivity index (χ3v) is 5.87. The smallest absolute Gasteiger partial charge is 0.240 e. The second-order valence-electron chi connectivity index (χ2n) is 6.45. The van der Waals surface area contributed by atoms with Crippen molar-refractivity contribution in [2.45, 2.75) is 38.1 Å². The van der Waals surface area contributed by atoms with Gasteiger partial charge in [0.2, 0.25) is 15.9 Å². The van der Waals surface area contributed by atoms with E-state index >= 15 is 0 Å². The quantitative estimate of drug-likeness (QED) is 0.726. The van der Waals surface area contributed by atoms with E-state index in [0.717, 1.165) is 11.1 Å². The molecule has 0 aliphatic carbocycles. The second kappa shape index (κ2) is 9.01. The Hall–Kier alpha value is -2.38. The molecule has 0 aliphatic rings. The Morgan fingerprint density at radius 2 is 1.85 bits per heavy atom. The number of rotatable bonds is 8. The average Bonchev–Trinajstić information content (AvgIpc) is 2.61. The normalized spacial score (nSPS) is 12.4. The van der Waals surface area contributed by atoms with Gasteiger partial charge in [0.05, 0.1) is 18.0 Å². The fraction of sp³-hybridized carbons (Fsp3) is 0.350. The summed E-state index contributed by atoms with van der Waals surface area (Å²) < 4.78 is 32.6. The number of hydrogen-bond donors (Lipinski definition) is 2. The first-order chi connectivity index (χ1) is 12.7. The fourth-order valence-electron chi connectivity index (χ4n) is 2.89. The summed E-state index contributed by atoms with van der Waals surface area (Å²) in [7, 11) is -2.07. The molecule has 0 heterocycles. The third kappa shape index (κ3) is 5.55. The highest BCUT2D eigenvalue weighted by molar-refractivity contribution is 7.89. The molecule has 27 heavy (non-hydrogen) atoms. The Morgan fingerprint density at radius 3 is 2.52 bits per heavy atom. The van der Waals surface area contributed by atoms with Gasteiger partial charge in [-0.3, -0.25) is 4.79 Å². The van der Waals surface area contributed by atoms with Crippen LogP contribution < -0.4 is 14.8 Å². The van der Waals surface area contributed by atoms with Crippen molar-refractivity contribution in [3.63, 3.8) is 0 Å². The van der Waals surface area contributed by atoms with E-state index in [0.29, 0.717) is 11.3 Å². The van der Waals surface area contributed by atoms with Crippen molar-refractivity contribution in [1.82, 2.24) is 10.0 Å². The van der Waals surface area contributed by atoms with E-state index in [-0.39, 0.29) is 29.8 Å². The zero-order chi connectivity index (χ0) is 20.0. The van der Waals surface area contributed by atoms with Crippen LogP contribution in [0.2, 0.25) is 0 Å². The number of carbonyl (C=O) groups excluding carboxylic acids is 1. The number of amides is 1. The lowest BCUT2D eigenvalue weighted by Gasteiger charge is -2.17. The van der Waals surface area contributed by atoms with Crippen LogP contribution in [0.3, 0.4) is 0 Å². The van der Waals surface area contributed by atoms with E-state index < -0.39 is 10.0 Å². The largest absolute Gasteiger partial charge is 0.496 e. The fourth-order valence-corrected chi connectivity index (χ4v) is 4.15. The number of hydrogen-bond acceptors (Lipinski definition) is 4. The van der Waals surface area contributed by atoms with Gasteiger partial charge in [-0.2, -0.15) is 0 Å². The van der Waals surface area contributed by atoms with Crippen LogP contribution in [-0.4, -0.2) is 28.0 Å². The van der Waals surface area contributed by atoms with Crippen molar-refractivity contribution in [2.75, 3.05) is 13.7 Å². The van der Waals surface area contributed by atoms with Crippen LogP contribution in [0.5, 0.6) is 5.75 Å². The van der Waals surface area contributed by atoms with Crippen LogP contribution in [0.1, 0.15) is 36.1 Å². The van der Waals surface area contributed by atoms with Crippen LogP contribution in [0, 0.1) is 13.8 Å². The minimum absolute atomic E-state index is 0.0279. The van der Waals surface area contributed by atoms with Crippen molar-refractivity contribution >= 4 is 15.9 Å². The molecular formula is C20H26N2O4S.